The lowest BCUT2D eigenvalue weighted by Gasteiger charge is -2.19. The zero-order chi connectivity index (χ0) is 15.0. The van der Waals surface area contributed by atoms with Crippen molar-refractivity contribution in [1.82, 2.24) is 0 Å². The van der Waals surface area contributed by atoms with Gasteiger partial charge in [0.1, 0.15) is 11.5 Å². The number of allylic oxidation sites excluding steroid dienone is 1. The smallest absolute Gasteiger partial charge is 0.496 e. The Hall–Kier alpha value is -1.70. The Bertz CT molecular complexity index is 647. The van der Waals surface area contributed by atoms with Gasteiger partial charge >= 0.3 is 15.6 Å². The molecule has 20 heavy (non-hydrogen) atoms. The van der Waals surface area contributed by atoms with Crippen LogP contribution in [-0.2, 0) is 20.7 Å². The van der Waals surface area contributed by atoms with E-state index in [-0.39, 0.29) is 12.2 Å². The van der Waals surface area contributed by atoms with Crippen LogP contribution in [0.4, 0.5) is 13.2 Å². The lowest BCUT2D eigenvalue weighted by atomic mass is 9.96. The quantitative estimate of drug-likeness (QED) is 0.636. The molecule has 0 radical (unpaired) electrons. The van der Waals surface area contributed by atoms with E-state index >= 15 is 0 Å². The maximum atomic E-state index is 12.3. The van der Waals surface area contributed by atoms with E-state index in [2.05, 4.69) is 4.18 Å². The average Bonchev–Trinajstić information content (AvgIpc) is 2.36. The van der Waals surface area contributed by atoms with Crippen molar-refractivity contribution < 1.29 is 30.5 Å². The molecule has 0 saturated heterocycles. The third-order valence-electron chi connectivity index (χ3n) is 2.82. The highest BCUT2D eigenvalue weighted by Crippen LogP contribution is 2.34. The Morgan fingerprint density at radius 1 is 1.20 bits per heavy atom. The van der Waals surface area contributed by atoms with Gasteiger partial charge in [-0.3, -0.25) is 0 Å². The molecule has 0 bridgehead atoms. The normalized spacial score (nSPS) is 15.3. The predicted octanol–water partition coefficient (Wildman–Crippen LogP) is 2.85. The molecule has 1 aliphatic rings. The summed E-state index contributed by atoms with van der Waals surface area (Å²) >= 11 is 0. The van der Waals surface area contributed by atoms with Crippen molar-refractivity contribution in [3.63, 3.8) is 0 Å². The molecule has 8 heteroatoms. The molecular formula is C12H11F3O4S. The summed E-state index contributed by atoms with van der Waals surface area (Å²) in [5, 5.41) is 0. The van der Waals surface area contributed by atoms with Crippen LogP contribution in [0.5, 0.6) is 5.75 Å². The van der Waals surface area contributed by atoms with Crippen molar-refractivity contribution in [3.05, 3.63) is 35.1 Å². The second-order valence-electron chi connectivity index (χ2n) is 4.13. The molecule has 0 atom stereocenters. The average molecular weight is 308 g/mol. The Balaban J connectivity index is 2.35. The highest BCUT2D eigenvalue weighted by molar-refractivity contribution is 7.87. The second-order valence-corrected chi connectivity index (χ2v) is 5.66. The minimum absolute atomic E-state index is 0.0788. The molecule has 1 aromatic rings. The van der Waals surface area contributed by atoms with Gasteiger partial charge in [0.2, 0.25) is 0 Å². The zero-order valence-corrected chi connectivity index (χ0v) is 11.2. The molecule has 0 spiro atoms. The molecule has 0 unspecified atom stereocenters. The fourth-order valence-electron chi connectivity index (χ4n) is 1.89. The summed E-state index contributed by atoms with van der Waals surface area (Å²) in [6, 6.07) is 5.18. The van der Waals surface area contributed by atoms with Crippen LogP contribution < -0.4 is 4.74 Å². The Morgan fingerprint density at radius 3 is 2.50 bits per heavy atom. The largest absolute Gasteiger partial charge is 0.534 e. The number of hydrogen-bond acceptors (Lipinski definition) is 4. The van der Waals surface area contributed by atoms with Gasteiger partial charge in [-0.25, -0.2) is 0 Å². The van der Waals surface area contributed by atoms with Crippen molar-refractivity contribution in [1.29, 1.82) is 0 Å². The molecule has 0 aromatic heterocycles. The number of methoxy groups -OCH3 is 1. The second kappa shape index (κ2) is 5.01. The van der Waals surface area contributed by atoms with Gasteiger partial charge in [-0.15, -0.1) is 0 Å². The van der Waals surface area contributed by atoms with E-state index < -0.39 is 15.6 Å². The van der Waals surface area contributed by atoms with Crippen LogP contribution in [0.1, 0.15) is 17.5 Å². The van der Waals surface area contributed by atoms with Gasteiger partial charge in [-0.05, 0) is 24.1 Å². The minimum Gasteiger partial charge on any atom is -0.496 e. The molecule has 0 fully saturated rings. The summed E-state index contributed by atoms with van der Waals surface area (Å²) in [6.07, 6.45) is 1.72. The van der Waals surface area contributed by atoms with Crippen molar-refractivity contribution in [2.24, 2.45) is 0 Å². The van der Waals surface area contributed by atoms with Crippen molar-refractivity contribution in [3.8, 4) is 5.75 Å². The van der Waals surface area contributed by atoms with Gasteiger partial charge in [-0.2, -0.15) is 21.6 Å². The molecule has 4 nitrogen and oxygen atoms in total. The maximum absolute atomic E-state index is 12.3. The summed E-state index contributed by atoms with van der Waals surface area (Å²) < 4.78 is 68.0. The number of hydrogen-bond donors (Lipinski definition) is 0. The first kappa shape index (κ1) is 14.7. The van der Waals surface area contributed by atoms with Gasteiger partial charge < -0.3 is 8.92 Å². The van der Waals surface area contributed by atoms with Gasteiger partial charge in [0.15, 0.2) is 0 Å². The van der Waals surface area contributed by atoms with Crippen LogP contribution in [-0.4, -0.2) is 21.0 Å². The molecule has 0 saturated carbocycles. The lowest BCUT2D eigenvalue weighted by molar-refractivity contribution is -0.0522. The number of ether oxygens (including phenoxy) is 1. The molecule has 2 rings (SSSR count). The molecule has 110 valence electrons. The van der Waals surface area contributed by atoms with Gasteiger partial charge in [0.05, 0.1) is 7.11 Å². The monoisotopic (exact) mass is 308 g/mol. The van der Waals surface area contributed by atoms with Gasteiger partial charge in [-0.1, -0.05) is 12.1 Å². The summed E-state index contributed by atoms with van der Waals surface area (Å²) in [6.45, 7) is 0. The fourth-order valence-corrected chi connectivity index (χ4v) is 2.40. The number of rotatable bonds is 3. The third kappa shape index (κ3) is 2.74. The van der Waals surface area contributed by atoms with Crippen molar-refractivity contribution in [2.75, 3.05) is 7.11 Å². The number of halogens is 3. The number of benzene rings is 1. The van der Waals surface area contributed by atoms with E-state index in [4.69, 9.17) is 4.74 Å². The summed E-state index contributed by atoms with van der Waals surface area (Å²) in [7, 11) is -4.21. The standard InChI is InChI=1S/C12H11F3O4S/c1-18-11-4-2-3-8-5-6-9(7-10(8)11)19-20(16,17)12(13,14)15/h2-4,7H,5-6H2,1H3. The van der Waals surface area contributed by atoms with E-state index in [1.807, 2.05) is 0 Å². The Labute approximate surface area is 113 Å². The number of fused-ring (bicyclic) bond motifs is 1. The van der Waals surface area contributed by atoms with E-state index in [1.165, 1.54) is 13.2 Å². The Kier molecular flexibility index (Phi) is 3.68. The Morgan fingerprint density at radius 2 is 1.90 bits per heavy atom. The molecule has 1 aliphatic carbocycles. The lowest BCUT2D eigenvalue weighted by Crippen LogP contribution is -2.25. The van der Waals surface area contributed by atoms with Gasteiger partial charge in [0, 0.05) is 12.0 Å². The summed E-state index contributed by atoms with van der Waals surface area (Å²) in [5.41, 5.74) is -4.04. The highest BCUT2D eigenvalue weighted by Gasteiger charge is 2.48. The van der Waals surface area contributed by atoms with Crippen LogP contribution in [0, 0.1) is 0 Å². The van der Waals surface area contributed by atoms with Gasteiger partial charge in [0.25, 0.3) is 0 Å². The SMILES string of the molecule is COc1cccc2c1C=C(OS(=O)(=O)C(F)(F)F)CC2. The van der Waals surface area contributed by atoms with E-state index in [0.717, 1.165) is 5.56 Å². The first-order valence-electron chi connectivity index (χ1n) is 5.62. The molecule has 0 amide bonds. The summed E-state index contributed by atoms with van der Waals surface area (Å²) in [4.78, 5) is 0. The third-order valence-corrected chi connectivity index (χ3v) is 3.82. The van der Waals surface area contributed by atoms with Crippen LogP contribution in [0.25, 0.3) is 6.08 Å². The zero-order valence-electron chi connectivity index (χ0n) is 10.4. The van der Waals surface area contributed by atoms with E-state index in [1.54, 1.807) is 18.2 Å². The molecule has 0 aliphatic heterocycles. The molecule has 0 heterocycles. The van der Waals surface area contributed by atoms with E-state index in [0.29, 0.717) is 17.7 Å². The summed E-state index contributed by atoms with van der Waals surface area (Å²) in [5.74, 6) is 0.201. The van der Waals surface area contributed by atoms with E-state index in [9.17, 15) is 21.6 Å². The molecule has 1 aromatic carbocycles. The van der Waals surface area contributed by atoms with Crippen molar-refractivity contribution >= 4 is 16.2 Å². The first-order chi connectivity index (χ1) is 9.24. The first-order valence-corrected chi connectivity index (χ1v) is 7.02. The molecular weight excluding hydrogens is 297 g/mol. The topological polar surface area (TPSA) is 52.6 Å². The van der Waals surface area contributed by atoms with Crippen molar-refractivity contribution in [2.45, 2.75) is 18.3 Å². The van der Waals surface area contributed by atoms with Crippen LogP contribution in [0.3, 0.4) is 0 Å². The predicted molar refractivity (Wildman–Crippen MR) is 65.4 cm³/mol. The highest BCUT2D eigenvalue weighted by atomic mass is 32.2. The van der Waals surface area contributed by atoms with Crippen LogP contribution >= 0.6 is 0 Å². The molecule has 0 N–H and O–H groups in total. The maximum Gasteiger partial charge on any atom is 0.534 e. The van der Waals surface area contributed by atoms with Crippen LogP contribution in [0.2, 0.25) is 0 Å². The minimum atomic E-state index is -5.63. The number of alkyl halides is 3. The number of aryl methyl sites for hydroxylation is 1. The fraction of sp³-hybridized carbons (Fsp3) is 0.333. The van der Waals surface area contributed by atoms with Crippen LogP contribution in [0.15, 0.2) is 24.0 Å².